The second kappa shape index (κ2) is 9.74. The van der Waals surface area contributed by atoms with Gasteiger partial charge in [-0.05, 0) is 17.4 Å². The first kappa shape index (κ1) is 21.4. The fourth-order valence-electron chi connectivity index (χ4n) is 2.42. The van der Waals surface area contributed by atoms with Gasteiger partial charge in [0.1, 0.15) is 0 Å². The molecule has 1 aromatic rings. The molecular formula is C16H25ClN4O3S. The molecule has 140 valence electrons. The number of nitrogens with zero attached hydrogens (tertiary/aromatic N) is 2. The molecule has 2 heterocycles. The lowest BCUT2D eigenvalue weighted by Gasteiger charge is -2.34. The van der Waals surface area contributed by atoms with E-state index in [1.54, 1.807) is 15.9 Å². The van der Waals surface area contributed by atoms with Crippen molar-refractivity contribution in [2.75, 3.05) is 32.7 Å². The second-order valence-corrected chi connectivity index (χ2v) is 6.95. The van der Waals surface area contributed by atoms with E-state index in [0.717, 1.165) is 0 Å². The van der Waals surface area contributed by atoms with Crippen LogP contribution < -0.4 is 11.1 Å². The van der Waals surface area contributed by atoms with E-state index in [-0.39, 0.29) is 42.6 Å². The Morgan fingerprint density at radius 2 is 1.80 bits per heavy atom. The number of amides is 3. The summed E-state index contributed by atoms with van der Waals surface area (Å²) in [4.78, 5) is 39.6. The molecule has 1 saturated heterocycles. The molecule has 2 rings (SSSR count). The van der Waals surface area contributed by atoms with E-state index in [1.165, 1.54) is 11.3 Å². The van der Waals surface area contributed by atoms with E-state index < -0.39 is 6.04 Å². The van der Waals surface area contributed by atoms with Crippen molar-refractivity contribution < 1.29 is 14.4 Å². The molecule has 0 bridgehead atoms. The third-order valence-corrected chi connectivity index (χ3v) is 4.81. The molecule has 0 spiro atoms. The zero-order chi connectivity index (χ0) is 17.7. The lowest BCUT2D eigenvalue weighted by molar-refractivity contribution is -0.134. The summed E-state index contributed by atoms with van der Waals surface area (Å²) in [7, 11) is 0. The largest absolute Gasteiger partial charge is 0.346 e. The van der Waals surface area contributed by atoms with Crippen LogP contribution in [0.25, 0.3) is 0 Å². The molecule has 9 heteroatoms. The zero-order valence-electron chi connectivity index (χ0n) is 14.4. The van der Waals surface area contributed by atoms with Crippen LogP contribution in [0.5, 0.6) is 0 Å². The topological polar surface area (TPSA) is 95.7 Å². The Hall–Kier alpha value is -1.64. The molecule has 0 unspecified atom stereocenters. The van der Waals surface area contributed by atoms with Crippen molar-refractivity contribution in [1.29, 1.82) is 0 Å². The van der Waals surface area contributed by atoms with E-state index in [2.05, 4.69) is 5.32 Å². The van der Waals surface area contributed by atoms with Gasteiger partial charge in [-0.3, -0.25) is 14.4 Å². The summed E-state index contributed by atoms with van der Waals surface area (Å²) in [6, 6.07) is 1.19. The summed E-state index contributed by atoms with van der Waals surface area (Å²) in [6.07, 6.45) is 0. The molecule has 0 saturated carbocycles. The van der Waals surface area contributed by atoms with Crippen molar-refractivity contribution in [2.24, 2.45) is 11.7 Å². The van der Waals surface area contributed by atoms with Gasteiger partial charge in [-0.2, -0.15) is 11.3 Å². The first-order valence-corrected chi connectivity index (χ1v) is 8.97. The van der Waals surface area contributed by atoms with E-state index in [1.807, 2.05) is 24.6 Å². The van der Waals surface area contributed by atoms with Gasteiger partial charge in [0.25, 0.3) is 5.91 Å². The maximum atomic E-state index is 12.2. The number of nitrogens with one attached hydrogen (secondary N) is 1. The zero-order valence-corrected chi connectivity index (χ0v) is 16.1. The Balaban J connectivity index is 0.00000312. The molecular weight excluding hydrogens is 364 g/mol. The molecule has 7 nitrogen and oxygen atoms in total. The van der Waals surface area contributed by atoms with Crippen LogP contribution in [0.2, 0.25) is 0 Å². The van der Waals surface area contributed by atoms with Gasteiger partial charge in [0.05, 0.1) is 18.2 Å². The molecule has 3 amide bonds. The number of hydrogen-bond acceptors (Lipinski definition) is 5. The highest BCUT2D eigenvalue weighted by Gasteiger charge is 2.25. The van der Waals surface area contributed by atoms with Crippen LogP contribution in [0.15, 0.2) is 16.8 Å². The highest BCUT2D eigenvalue weighted by molar-refractivity contribution is 7.08. The number of nitrogens with two attached hydrogens (primary N) is 1. The van der Waals surface area contributed by atoms with Crippen molar-refractivity contribution in [3.8, 4) is 0 Å². The molecule has 0 radical (unpaired) electrons. The van der Waals surface area contributed by atoms with Gasteiger partial charge in [-0.15, -0.1) is 12.4 Å². The first-order valence-electron chi connectivity index (χ1n) is 8.02. The quantitative estimate of drug-likeness (QED) is 0.770. The number of halogens is 1. The van der Waals surface area contributed by atoms with Crippen molar-refractivity contribution in [3.05, 3.63) is 22.4 Å². The number of carbonyl (C=O) groups excluding carboxylic acids is 3. The predicted octanol–water partition coefficient (Wildman–Crippen LogP) is 0.554. The minimum atomic E-state index is -0.613. The summed E-state index contributed by atoms with van der Waals surface area (Å²) < 4.78 is 0. The van der Waals surface area contributed by atoms with Gasteiger partial charge in [0.15, 0.2) is 0 Å². The Labute approximate surface area is 157 Å². The Morgan fingerprint density at radius 3 is 2.32 bits per heavy atom. The van der Waals surface area contributed by atoms with E-state index in [4.69, 9.17) is 5.73 Å². The van der Waals surface area contributed by atoms with Crippen LogP contribution in [0, 0.1) is 5.92 Å². The Bertz CT molecular complexity index is 586. The number of rotatable bonds is 5. The summed E-state index contributed by atoms with van der Waals surface area (Å²) in [5.41, 5.74) is 6.43. The Kier molecular flexibility index (Phi) is 8.34. The van der Waals surface area contributed by atoms with Gasteiger partial charge in [-0.25, -0.2) is 0 Å². The monoisotopic (exact) mass is 388 g/mol. The second-order valence-electron chi connectivity index (χ2n) is 6.17. The summed E-state index contributed by atoms with van der Waals surface area (Å²) >= 11 is 1.49. The lowest BCUT2D eigenvalue weighted by Crippen LogP contribution is -2.53. The van der Waals surface area contributed by atoms with Gasteiger partial charge in [0, 0.05) is 31.6 Å². The minimum absolute atomic E-state index is 0. The average molecular weight is 389 g/mol. The standard InChI is InChI=1S/C16H24N4O3S.ClH/c1-11(2)14(17)15(22)18-9-13(21)19-4-6-20(7-5-19)16(23)12-3-8-24-10-12;/h3,8,10-11,14H,4-7,9,17H2,1-2H3,(H,18,22);1H/t14-;/m0./s1. The van der Waals surface area contributed by atoms with Crippen molar-refractivity contribution in [3.63, 3.8) is 0 Å². The predicted molar refractivity (Wildman–Crippen MR) is 99.9 cm³/mol. The molecule has 1 fully saturated rings. The normalized spacial score (nSPS) is 15.5. The number of carbonyl (C=O) groups is 3. The fourth-order valence-corrected chi connectivity index (χ4v) is 3.05. The van der Waals surface area contributed by atoms with Crippen molar-refractivity contribution in [2.45, 2.75) is 19.9 Å². The smallest absolute Gasteiger partial charge is 0.254 e. The molecule has 1 aliphatic rings. The highest BCUT2D eigenvalue weighted by Crippen LogP contribution is 2.12. The third kappa shape index (κ3) is 5.69. The molecule has 0 aliphatic carbocycles. The van der Waals surface area contributed by atoms with Gasteiger partial charge < -0.3 is 20.9 Å². The van der Waals surface area contributed by atoms with Crippen molar-refractivity contribution >= 4 is 41.5 Å². The molecule has 0 aromatic carbocycles. The SMILES string of the molecule is CC(C)[C@H](N)C(=O)NCC(=O)N1CCN(C(=O)c2ccsc2)CC1.Cl. The number of hydrogen-bond donors (Lipinski definition) is 2. The Morgan fingerprint density at radius 1 is 1.20 bits per heavy atom. The van der Waals surface area contributed by atoms with Crippen LogP contribution in [0.3, 0.4) is 0 Å². The summed E-state index contributed by atoms with van der Waals surface area (Å²) in [6.45, 7) is 5.60. The average Bonchev–Trinajstić information content (AvgIpc) is 3.12. The van der Waals surface area contributed by atoms with Gasteiger partial charge in [0.2, 0.25) is 11.8 Å². The van der Waals surface area contributed by atoms with Crippen LogP contribution in [0.1, 0.15) is 24.2 Å². The van der Waals surface area contributed by atoms with Crippen molar-refractivity contribution in [1.82, 2.24) is 15.1 Å². The molecule has 1 aromatic heterocycles. The number of thiophene rings is 1. The maximum absolute atomic E-state index is 12.2. The molecule has 1 atom stereocenters. The van der Waals surface area contributed by atoms with Crippen LogP contribution in [-0.4, -0.2) is 66.3 Å². The van der Waals surface area contributed by atoms with E-state index in [0.29, 0.717) is 31.7 Å². The summed E-state index contributed by atoms with van der Waals surface area (Å²) in [5.74, 6) is -0.446. The van der Waals surface area contributed by atoms with E-state index in [9.17, 15) is 14.4 Å². The van der Waals surface area contributed by atoms with Gasteiger partial charge >= 0.3 is 0 Å². The van der Waals surface area contributed by atoms with Gasteiger partial charge in [-0.1, -0.05) is 13.8 Å². The highest BCUT2D eigenvalue weighted by atomic mass is 35.5. The number of piperazine rings is 1. The third-order valence-electron chi connectivity index (χ3n) is 4.12. The molecule has 3 N–H and O–H groups in total. The van der Waals surface area contributed by atoms with E-state index >= 15 is 0 Å². The van der Waals surface area contributed by atoms with Crippen LogP contribution in [-0.2, 0) is 9.59 Å². The molecule has 1 aliphatic heterocycles. The van der Waals surface area contributed by atoms with Crippen LogP contribution >= 0.6 is 23.7 Å². The fraction of sp³-hybridized carbons (Fsp3) is 0.562. The summed E-state index contributed by atoms with van der Waals surface area (Å²) in [5, 5.41) is 6.28. The minimum Gasteiger partial charge on any atom is -0.346 e. The van der Waals surface area contributed by atoms with Crippen LogP contribution in [0.4, 0.5) is 0 Å². The first-order chi connectivity index (χ1) is 11.4. The maximum Gasteiger partial charge on any atom is 0.254 e. The molecule has 25 heavy (non-hydrogen) atoms. The lowest BCUT2D eigenvalue weighted by atomic mass is 10.1.